The number of benzene rings is 2. The summed E-state index contributed by atoms with van der Waals surface area (Å²) in [5.74, 6) is 0.542. The third kappa shape index (κ3) is 3.28. The van der Waals surface area contributed by atoms with Gasteiger partial charge in [0, 0.05) is 23.1 Å². The molecule has 4 rings (SSSR count). The van der Waals surface area contributed by atoms with Crippen LogP contribution in [0.4, 0.5) is 4.39 Å². The summed E-state index contributed by atoms with van der Waals surface area (Å²) in [6.07, 6.45) is 5.30. The molecule has 1 aromatic heterocycles. The van der Waals surface area contributed by atoms with E-state index in [-0.39, 0.29) is 5.82 Å². The Balaban J connectivity index is 2.08. The van der Waals surface area contributed by atoms with E-state index in [4.69, 9.17) is 4.98 Å². The minimum Gasteiger partial charge on any atom is -0.256 e. The van der Waals surface area contributed by atoms with Crippen molar-refractivity contribution in [1.29, 1.82) is 0 Å². The zero-order valence-electron chi connectivity index (χ0n) is 17.0. The SMILES string of the molecule is CC(C)/C=C/c1c(C(C)C)nc2c(c1-c1ccc(F)cc1)-c1ccccc1C2. The maximum Gasteiger partial charge on any atom is 0.123 e. The van der Waals surface area contributed by atoms with Crippen LogP contribution >= 0.6 is 0 Å². The summed E-state index contributed by atoms with van der Waals surface area (Å²) in [4.78, 5) is 5.12. The average molecular weight is 371 g/mol. The van der Waals surface area contributed by atoms with Crippen LogP contribution in [0.3, 0.4) is 0 Å². The van der Waals surface area contributed by atoms with Crippen LogP contribution in [-0.2, 0) is 6.42 Å². The lowest BCUT2D eigenvalue weighted by Gasteiger charge is -2.19. The number of hydrogen-bond acceptors (Lipinski definition) is 1. The summed E-state index contributed by atoms with van der Waals surface area (Å²) in [5, 5.41) is 0. The van der Waals surface area contributed by atoms with Crippen LogP contribution < -0.4 is 0 Å². The first-order valence-corrected chi connectivity index (χ1v) is 10.0. The maximum atomic E-state index is 13.7. The van der Waals surface area contributed by atoms with Gasteiger partial charge in [0.1, 0.15) is 5.82 Å². The van der Waals surface area contributed by atoms with Gasteiger partial charge in [-0.2, -0.15) is 0 Å². The lowest BCUT2D eigenvalue weighted by Crippen LogP contribution is -2.04. The van der Waals surface area contributed by atoms with E-state index in [1.807, 2.05) is 12.1 Å². The largest absolute Gasteiger partial charge is 0.256 e. The molecule has 0 unspecified atom stereocenters. The predicted molar refractivity (Wildman–Crippen MR) is 116 cm³/mol. The fourth-order valence-electron chi connectivity index (χ4n) is 4.00. The maximum absolute atomic E-state index is 13.7. The van der Waals surface area contributed by atoms with Gasteiger partial charge in [-0.3, -0.25) is 4.98 Å². The molecule has 1 heterocycles. The molecule has 0 amide bonds. The number of pyridine rings is 1. The predicted octanol–water partition coefficient (Wildman–Crippen LogP) is 7.25. The highest BCUT2D eigenvalue weighted by Crippen LogP contribution is 2.46. The molecule has 0 bridgehead atoms. The Hall–Kier alpha value is -2.74. The molecule has 0 spiro atoms. The van der Waals surface area contributed by atoms with Crippen molar-refractivity contribution in [3.8, 4) is 22.3 Å². The summed E-state index contributed by atoms with van der Waals surface area (Å²) >= 11 is 0. The Labute approximate surface area is 167 Å². The molecule has 0 fully saturated rings. The van der Waals surface area contributed by atoms with E-state index in [1.165, 1.54) is 22.3 Å². The van der Waals surface area contributed by atoms with Crippen molar-refractivity contribution in [2.24, 2.45) is 5.92 Å². The molecule has 28 heavy (non-hydrogen) atoms. The zero-order valence-corrected chi connectivity index (χ0v) is 17.0. The quantitative estimate of drug-likeness (QED) is 0.368. The van der Waals surface area contributed by atoms with Gasteiger partial charge in [0.05, 0.1) is 11.4 Å². The molecule has 0 atom stereocenters. The normalized spacial score (nSPS) is 12.8. The molecule has 0 saturated heterocycles. The topological polar surface area (TPSA) is 12.9 Å². The van der Waals surface area contributed by atoms with Crippen LogP contribution in [0.15, 0.2) is 54.6 Å². The molecule has 0 saturated carbocycles. The van der Waals surface area contributed by atoms with Gasteiger partial charge < -0.3 is 0 Å². The molecule has 1 aliphatic rings. The van der Waals surface area contributed by atoms with Crippen molar-refractivity contribution < 1.29 is 4.39 Å². The first kappa shape index (κ1) is 18.6. The molecule has 1 nitrogen and oxygen atoms in total. The van der Waals surface area contributed by atoms with Crippen LogP contribution in [0.2, 0.25) is 0 Å². The zero-order chi connectivity index (χ0) is 19.8. The third-order valence-corrected chi connectivity index (χ3v) is 5.31. The summed E-state index contributed by atoms with van der Waals surface area (Å²) in [6, 6.07) is 15.4. The highest BCUT2D eigenvalue weighted by molar-refractivity contribution is 5.94. The lowest BCUT2D eigenvalue weighted by molar-refractivity contribution is 0.628. The molecule has 1 aliphatic carbocycles. The molecule has 3 aromatic rings. The Morgan fingerprint density at radius 1 is 0.929 bits per heavy atom. The summed E-state index contributed by atoms with van der Waals surface area (Å²) in [6.45, 7) is 8.74. The number of nitrogens with zero attached hydrogens (tertiary/aromatic N) is 1. The molecular formula is C26H26FN. The summed E-state index contributed by atoms with van der Waals surface area (Å²) < 4.78 is 13.7. The van der Waals surface area contributed by atoms with Crippen LogP contribution in [0.5, 0.6) is 0 Å². The smallest absolute Gasteiger partial charge is 0.123 e. The molecule has 0 aliphatic heterocycles. The van der Waals surface area contributed by atoms with Gasteiger partial charge in [0.15, 0.2) is 0 Å². The van der Waals surface area contributed by atoms with Crippen LogP contribution in [-0.4, -0.2) is 4.98 Å². The number of aromatic nitrogens is 1. The number of hydrogen-bond donors (Lipinski definition) is 0. The van der Waals surface area contributed by atoms with Gasteiger partial charge >= 0.3 is 0 Å². The highest BCUT2D eigenvalue weighted by atomic mass is 19.1. The van der Waals surface area contributed by atoms with E-state index < -0.39 is 0 Å². The Morgan fingerprint density at radius 3 is 2.32 bits per heavy atom. The van der Waals surface area contributed by atoms with E-state index in [2.05, 4.69) is 64.1 Å². The fourth-order valence-corrected chi connectivity index (χ4v) is 4.00. The van der Waals surface area contributed by atoms with E-state index in [1.54, 1.807) is 12.1 Å². The Bertz CT molecular complexity index is 1040. The second-order valence-electron chi connectivity index (χ2n) is 8.21. The second kappa shape index (κ2) is 7.35. The first-order chi connectivity index (χ1) is 13.5. The van der Waals surface area contributed by atoms with Crippen molar-refractivity contribution in [1.82, 2.24) is 4.98 Å². The van der Waals surface area contributed by atoms with Crippen molar-refractivity contribution >= 4 is 6.08 Å². The Morgan fingerprint density at radius 2 is 1.64 bits per heavy atom. The lowest BCUT2D eigenvalue weighted by atomic mass is 9.88. The van der Waals surface area contributed by atoms with E-state index in [0.29, 0.717) is 11.8 Å². The second-order valence-corrected chi connectivity index (χ2v) is 8.21. The molecule has 142 valence electrons. The minimum absolute atomic E-state index is 0.210. The number of fused-ring (bicyclic) bond motifs is 3. The van der Waals surface area contributed by atoms with Crippen LogP contribution in [0.1, 0.15) is 56.1 Å². The molecule has 2 heteroatoms. The molecular weight excluding hydrogens is 345 g/mol. The van der Waals surface area contributed by atoms with Gasteiger partial charge in [-0.05, 0) is 40.7 Å². The molecule has 0 N–H and O–H groups in total. The minimum atomic E-state index is -0.210. The van der Waals surface area contributed by atoms with Crippen molar-refractivity contribution in [3.63, 3.8) is 0 Å². The molecule has 2 aromatic carbocycles. The van der Waals surface area contributed by atoms with Crippen molar-refractivity contribution in [3.05, 3.63) is 82.9 Å². The van der Waals surface area contributed by atoms with Gasteiger partial charge in [-0.1, -0.05) is 76.2 Å². The highest BCUT2D eigenvalue weighted by Gasteiger charge is 2.27. The van der Waals surface area contributed by atoms with E-state index in [9.17, 15) is 4.39 Å². The fraction of sp³-hybridized carbons (Fsp3) is 0.269. The standard InChI is InChI=1S/C26H26FN/c1-16(2)9-14-22-24(18-10-12-20(27)13-11-18)25-21-8-6-5-7-19(21)15-23(25)28-26(22)17(3)4/h5-14,16-17H,15H2,1-4H3/b14-9+. The Kier molecular flexibility index (Phi) is 4.89. The van der Waals surface area contributed by atoms with Crippen LogP contribution in [0, 0.1) is 11.7 Å². The van der Waals surface area contributed by atoms with Crippen LogP contribution in [0.25, 0.3) is 28.3 Å². The first-order valence-electron chi connectivity index (χ1n) is 10.0. The van der Waals surface area contributed by atoms with Gasteiger partial charge in [-0.25, -0.2) is 4.39 Å². The number of rotatable bonds is 4. The van der Waals surface area contributed by atoms with Gasteiger partial charge in [0.2, 0.25) is 0 Å². The number of allylic oxidation sites excluding steroid dienone is 1. The summed E-state index contributed by atoms with van der Waals surface area (Å²) in [5.41, 5.74) is 9.39. The third-order valence-electron chi connectivity index (χ3n) is 5.31. The molecule has 0 radical (unpaired) electrons. The average Bonchev–Trinajstić information content (AvgIpc) is 3.04. The van der Waals surface area contributed by atoms with E-state index in [0.717, 1.165) is 28.9 Å². The van der Waals surface area contributed by atoms with Crippen molar-refractivity contribution in [2.45, 2.75) is 40.0 Å². The summed E-state index contributed by atoms with van der Waals surface area (Å²) in [7, 11) is 0. The van der Waals surface area contributed by atoms with Crippen molar-refractivity contribution in [2.75, 3.05) is 0 Å². The monoisotopic (exact) mass is 371 g/mol. The van der Waals surface area contributed by atoms with Gasteiger partial charge in [-0.15, -0.1) is 0 Å². The van der Waals surface area contributed by atoms with Gasteiger partial charge in [0.25, 0.3) is 0 Å². The number of halogens is 1. The van der Waals surface area contributed by atoms with E-state index >= 15 is 0 Å².